The van der Waals surface area contributed by atoms with Crippen molar-refractivity contribution in [3.05, 3.63) is 28.8 Å². The van der Waals surface area contributed by atoms with Gasteiger partial charge in [0.15, 0.2) is 0 Å². The van der Waals surface area contributed by atoms with Crippen molar-refractivity contribution in [2.24, 2.45) is 0 Å². The molecule has 0 saturated heterocycles. The van der Waals surface area contributed by atoms with Gasteiger partial charge in [-0.05, 0) is 18.2 Å². The van der Waals surface area contributed by atoms with Gasteiger partial charge in [0.05, 0.1) is 11.3 Å². The minimum absolute atomic E-state index is 0.0446. The zero-order valence-electron chi connectivity index (χ0n) is 10.5. The third kappa shape index (κ3) is 5.89. The summed E-state index contributed by atoms with van der Waals surface area (Å²) < 4.78 is 21.8. The molecule has 0 radical (unpaired) electrons. The summed E-state index contributed by atoms with van der Waals surface area (Å²) >= 11 is 5.73. The van der Waals surface area contributed by atoms with Gasteiger partial charge in [-0.1, -0.05) is 11.6 Å². The number of urea groups is 1. The summed E-state index contributed by atoms with van der Waals surface area (Å²) in [4.78, 5) is 22.3. The van der Waals surface area contributed by atoms with E-state index in [-0.39, 0.29) is 28.6 Å². The zero-order chi connectivity index (χ0) is 15.3. The van der Waals surface area contributed by atoms with Gasteiger partial charge in [0.2, 0.25) is 0 Å². The van der Waals surface area contributed by atoms with Crippen LogP contribution in [0.4, 0.5) is 10.5 Å². The number of carbonyl (C=O) groups excluding carboxylic acids is 1. The molecule has 9 heteroatoms. The highest BCUT2D eigenvalue weighted by Crippen LogP contribution is 2.19. The highest BCUT2D eigenvalue weighted by atomic mass is 35.5. The number of rotatable bonds is 5. The van der Waals surface area contributed by atoms with E-state index in [1.165, 1.54) is 18.2 Å². The zero-order valence-corrected chi connectivity index (χ0v) is 12.1. The van der Waals surface area contributed by atoms with Crippen LogP contribution in [0.1, 0.15) is 10.4 Å². The first kappa shape index (κ1) is 16.3. The van der Waals surface area contributed by atoms with Gasteiger partial charge in [0, 0.05) is 23.5 Å². The van der Waals surface area contributed by atoms with Gasteiger partial charge in [-0.15, -0.1) is 0 Å². The molecular formula is C11H13ClN2O5S. The molecule has 0 heterocycles. The van der Waals surface area contributed by atoms with E-state index in [0.29, 0.717) is 0 Å². The molecule has 0 aliphatic heterocycles. The number of anilines is 1. The molecule has 0 bridgehead atoms. The summed E-state index contributed by atoms with van der Waals surface area (Å²) in [7, 11) is -3.16. The van der Waals surface area contributed by atoms with E-state index in [1.54, 1.807) is 0 Å². The predicted octanol–water partition coefficient (Wildman–Crippen LogP) is 1.20. The molecule has 0 aliphatic carbocycles. The topological polar surface area (TPSA) is 113 Å². The Balaban J connectivity index is 2.64. The third-order valence-corrected chi connectivity index (χ3v) is 3.32. The Morgan fingerprint density at radius 2 is 1.95 bits per heavy atom. The van der Waals surface area contributed by atoms with Crippen LogP contribution in [-0.2, 0) is 9.84 Å². The highest BCUT2D eigenvalue weighted by Gasteiger charge is 2.09. The Hall–Kier alpha value is -1.80. The minimum Gasteiger partial charge on any atom is -0.478 e. The van der Waals surface area contributed by atoms with Crippen molar-refractivity contribution in [3.63, 3.8) is 0 Å². The number of aromatic carboxylic acids is 1. The van der Waals surface area contributed by atoms with E-state index in [4.69, 9.17) is 16.7 Å². The third-order valence-electron chi connectivity index (χ3n) is 2.16. The first-order valence-corrected chi connectivity index (χ1v) is 7.88. The summed E-state index contributed by atoms with van der Waals surface area (Å²) in [5, 5.41) is 13.7. The molecule has 2 amide bonds. The number of carboxylic acid groups (broad SMARTS) is 1. The van der Waals surface area contributed by atoms with E-state index in [0.717, 1.165) is 6.26 Å². The summed E-state index contributed by atoms with van der Waals surface area (Å²) in [6.07, 6.45) is 1.06. The second-order valence-electron chi connectivity index (χ2n) is 4.04. The van der Waals surface area contributed by atoms with Crippen molar-refractivity contribution >= 4 is 39.1 Å². The second-order valence-corrected chi connectivity index (χ2v) is 6.74. The van der Waals surface area contributed by atoms with Crippen molar-refractivity contribution in [1.82, 2.24) is 5.32 Å². The average Bonchev–Trinajstić information content (AvgIpc) is 2.25. The Labute approximate surface area is 120 Å². The monoisotopic (exact) mass is 320 g/mol. The number of benzene rings is 1. The van der Waals surface area contributed by atoms with Crippen LogP contribution in [0.15, 0.2) is 18.2 Å². The van der Waals surface area contributed by atoms with E-state index >= 15 is 0 Å². The number of carbonyl (C=O) groups is 2. The van der Waals surface area contributed by atoms with Crippen LogP contribution in [0.25, 0.3) is 0 Å². The molecule has 1 aromatic rings. The molecule has 0 saturated carbocycles. The van der Waals surface area contributed by atoms with Gasteiger partial charge in [0.25, 0.3) is 0 Å². The molecule has 0 aliphatic rings. The van der Waals surface area contributed by atoms with Crippen molar-refractivity contribution in [3.8, 4) is 0 Å². The number of halogens is 1. The van der Waals surface area contributed by atoms with Crippen LogP contribution >= 0.6 is 11.6 Å². The Bertz CT molecular complexity index is 630. The number of carboxylic acids is 1. The number of hydrogen-bond donors (Lipinski definition) is 3. The first-order chi connectivity index (χ1) is 9.17. The fraction of sp³-hybridized carbons (Fsp3) is 0.273. The normalized spacial score (nSPS) is 10.9. The molecular weight excluding hydrogens is 308 g/mol. The maximum atomic E-state index is 11.5. The van der Waals surface area contributed by atoms with Crippen LogP contribution in [0.2, 0.25) is 5.02 Å². The van der Waals surface area contributed by atoms with Crippen molar-refractivity contribution in [2.75, 3.05) is 23.9 Å². The number of nitrogens with one attached hydrogen (secondary N) is 2. The lowest BCUT2D eigenvalue weighted by Gasteiger charge is -2.08. The van der Waals surface area contributed by atoms with Crippen LogP contribution in [0.5, 0.6) is 0 Å². The molecule has 0 fully saturated rings. The van der Waals surface area contributed by atoms with E-state index in [2.05, 4.69) is 10.6 Å². The molecule has 1 aromatic carbocycles. The van der Waals surface area contributed by atoms with E-state index in [9.17, 15) is 18.0 Å². The first-order valence-electron chi connectivity index (χ1n) is 5.44. The summed E-state index contributed by atoms with van der Waals surface area (Å²) in [6, 6.07) is 3.22. The van der Waals surface area contributed by atoms with Crippen LogP contribution in [0, 0.1) is 0 Å². The lowest BCUT2D eigenvalue weighted by molar-refractivity contribution is 0.0697. The molecule has 0 spiro atoms. The average molecular weight is 321 g/mol. The minimum atomic E-state index is -3.16. The van der Waals surface area contributed by atoms with Crippen LogP contribution < -0.4 is 10.6 Å². The molecule has 110 valence electrons. The SMILES string of the molecule is CS(=O)(=O)CCNC(=O)Nc1cc(Cl)cc(C(=O)O)c1. The number of sulfone groups is 1. The number of hydrogen-bond acceptors (Lipinski definition) is 4. The fourth-order valence-electron chi connectivity index (χ4n) is 1.31. The van der Waals surface area contributed by atoms with Gasteiger partial charge < -0.3 is 15.7 Å². The van der Waals surface area contributed by atoms with Crippen LogP contribution in [0.3, 0.4) is 0 Å². The molecule has 1 rings (SSSR count). The smallest absolute Gasteiger partial charge is 0.335 e. The Kier molecular flexibility index (Phi) is 5.34. The summed E-state index contributed by atoms with van der Waals surface area (Å²) in [5.74, 6) is -1.36. The van der Waals surface area contributed by atoms with Gasteiger partial charge in [-0.3, -0.25) is 0 Å². The highest BCUT2D eigenvalue weighted by molar-refractivity contribution is 7.90. The van der Waals surface area contributed by atoms with E-state index in [1.807, 2.05) is 0 Å². The van der Waals surface area contributed by atoms with E-state index < -0.39 is 21.8 Å². The maximum absolute atomic E-state index is 11.5. The predicted molar refractivity (Wildman–Crippen MR) is 75.1 cm³/mol. The number of amides is 2. The van der Waals surface area contributed by atoms with Crippen molar-refractivity contribution in [2.45, 2.75) is 0 Å². The molecule has 20 heavy (non-hydrogen) atoms. The second kappa shape index (κ2) is 6.58. The fourth-order valence-corrected chi connectivity index (χ4v) is 2.02. The quantitative estimate of drug-likeness (QED) is 0.754. The molecule has 7 nitrogen and oxygen atoms in total. The standard InChI is InChI=1S/C11H13ClN2O5S/c1-20(18,19)3-2-13-11(17)14-9-5-7(10(15)16)4-8(12)6-9/h4-6H,2-3H2,1H3,(H,15,16)(H2,13,14,17). The molecule has 0 unspecified atom stereocenters. The Morgan fingerprint density at radius 1 is 1.30 bits per heavy atom. The van der Waals surface area contributed by atoms with Gasteiger partial charge in [-0.25, -0.2) is 18.0 Å². The lowest BCUT2D eigenvalue weighted by Crippen LogP contribution is -2.32. The molecule has 0 aromatic heterocycles. The largest absolute Gasteiger partial charge is 0.478 e. The van der Waals surface area contributed by atoms with Gasteiger partial charge in [-0.2, -0.15) is 0 Å². The molecule has 3 N–H and O–H groups in total. The van der Waals surface area contributed by atoms with Crippen LogP contribution in [-0.4, -0.2) is 44.1 Å². The summed E-state index contributed by atoms with van der Waals surface area (Å²) in [5.41, 5.74) is 0.135. The van der Waals surface area contributed by atoms with Gasteiger partial charge >= 0.3 is 12.0 Å². The Morgan fingerprint density at radius 3 is 2.50 bits per heavy atom. The van der Waals surface area contributed by atoms with Gasteiger partial charge in [0.1, 0.15) is 9.84 Å². The summed E-state index contributed by atoms with van der Waals surface area (Å²) in [6.45, 7) is -0.0446. The van der Waals surface area contributed by atoms with Crippen molar-refractivity contribution in [1.29, 1.82) is 0 Å². The van der Waals surface area contributed by atoms with Crippen molar-refractivity contribution < 1.29 is 23.1 Å². The molecule has 0 atom stereocenters. The lowest BCUT2D eigenvalue weighted by atomic mass is 10.2. The maximum Gasteiger partial charge on any atom is 0.335 e.